The van der Waals surface area contributed by atoms with Gasteiger partial charge in [0, 0.05) is 29.6 Å². The first-order chi connectivity index (χ1) is 12.9. The van der Waals surface area contributed by atoms with Crippen LogP contribution in [0.5, 0.6) is 0 Å². The van der Waals surface area contributed by atoms with Crippen molar-refractivity contribution >= 4 is 17.2 Å². The minimum Gasteiger partial charge on any atom is -0.348 e. The van der Waals surface area contributed by atoms with Crippen molar-refractivity contribution in [3.63, 3.8) is 0 Å². The van der Waals surface area contributed by atoms with Gasteiger partial charge in [-0.15, -0.1) is 11.3 Å². The molecule has 1 aliphatic carbocycles. The first-order valence-electron chi connectivity index (χ1n) is 8.82. The molecule has 1 aromatic carbocycles. The maximum atomic E-state index is 12.9. The van der Waals surface area contributed by atoms with E-state index in [9.17, 15) is 18.0 Å². The van der Waals surface area contributed by atoms with Crippen LogP contribution in [0.4, 0.5) is 13.2 Å². The Kier molecular flexibility index (Phi) is 4.92. The highest BCUT2D eigenvalue weighted by Gasteiger charge is 2.34. The van der Waals surface area contributed by atoms with E-state index in [1.54, 1.807) is 11.4 Å². The minimum atomic E-state index is -4.41. The molecule has 1 aromatic heterocycles. The fourth-order valence-electron chi connectivity index (χ4n) is 3.73. The van der Waals surface area contributed by atoms with E-state index < -0.39 is 11.7 Å². The maximum absolute atomic E-state index is 12.9. The first kappa shape index (κ1) is 18.4. The van der Waals surface area contributed by atoms with E-state index in [1.165, 1.54) is 17.4 Å². The molecule has 0 bridgehead atoms. The number of amides is 1. The van der Waals surface area contributed by atoms with E-state index in [0.717, 1.165) is 37.9 Å². The molecule has 2 aliphatic rings. The molecule has 144 valence electrons. The van der Waals surface area contributed by atoms with Gasteiger partial charge in [-0.1, -0.05) is 12.1 Å². The van der Waals surface area contributed by atoms with E-state index in [2.05, 4.69) is 21.2 Å². The van der Waals surface area contributed by atoms with Crippen molar-refractivity contribution in [3.8, 4) is 10.6 Å². The molecule has 1 amide bonds. The summed E-state index contributed by atoms with van der Waals surface area (Å²) >= 11 is 1.17. The number of alkyl halides is 3. The van der Waals surface area contributed by atoms with Gasteiger partial charge in [0.15, 0.2) is 0 Å². The highest BCUT2D eigenvalue weighted by Crippen LogP contribution is 2.33. The second-order valence-electron chi connectivity index (χ2n) is 6.99. The van der Waals surface area contributed by atoms with Crippen LogP contribution in [0.2, 0.25) is 0 Å². The Bertz CT molecular complexity index is 838. The smallest absolute Gasteiger partial charge is 0.348 e. The average Bonchev–Trinajstić information content (AvgIpc) is 3.30. The predicted molar refractivity (Wildman–Crippen MR) is 96.1 cm³/mol. The summed E-state index contributed by atoms with van der Waals surface area (Å²) in [6.07, 6.45) is -1.61. The molecule has 0 radical (unpaired) electrons. The van der Waals surface area contributed by atoms with Crippen molar-refractivity contribution in [2.45, 2.75) is 37.5 Å². The van der Waals surface area contributed by atoms with Gasteiger partial charge >= 0.3 is 6.18 Å². The Balaban J connectivity index is 1.44. The quantitative estimate of drug-likeness (QED) is 0.746. The average molecular weight is 396 g/mol. The first-order valence-corrected chi connectivity index (χ1v) is 9.70. The zero-order chi connectivity index (χ0) is 19.0. The molecule has 3 N–H and O–H groups in total. The summed E-state index contributed by atoms with van der Waals surface area (Å²) in [5, 5.41) is 5.01. The van der Waals surface area contributed by atoms with Gasteiger partial charge in [0.25, 0.3) is 5.91 Å². The highest BCUT2D eigenvalue weighted by molar-refractivity contribution is 7.13. The molecule has 1 saturated heterocycles. The summed E-state index contributed by atoms with van der Waals surface area (Å²) in [4.78, 5) is 16.7. The summed E-state index contributed by atoms with van der Waals surface area (Å²) in [6.45, 7) is 0.896. The largest absolute Gasteiger partial charge is 0.416 e. The van der Waals surface area contributed by atoms with Crippen LogP contribution in [0, 0.1) is 5.92 Å². The second-order valence-corrected chi connectivity index (χ2v) is 7.85. The van der Waals surface area contributed by atoms with Gasteiger partial charge in [0.1, 0.15) is 10.7 Å². The zero-order valence-electron chi connectivity index (χ0n) is 14.3. The Morgan fingerprint density at radius 3 is 2.96 bits per heavy atom. The number of carbonyl (C=O) groups excluding carboxylic acids is 1. The van der Waals surface area contributed by atoms with Crippen LogP contribution in [0.25, 0.3) is 10.6 Å². The lowest BCUT2D eigenvalue weighted by molar-refractivity contribution is -0.137. The molecule has 27 heavy (non-hydrogen) atoms. The third-order valence-electron chi connectivity index (χ3n) is 5.14. The monoisotopic (exact) mass is 396 g/mol. The number of carbonyl (C=O) groups is 1. The molecule has 1 aliphatic heterocycles. The maximum Gasteiger partial charge on any atom is 0.416 e. The number of nitrogens with zero attached hydrogens (tertiary/aromatic N) is 1. The lowest BCUT2D eigenvalue weighted by atomic mass is 9.83. The molecule has 9 heteroatoms. The Morgan fingerprint density at radius 2 is 2.15 bits per heavy atom. The molecule has 5 nitrogen and oxygen atoms in total. The van der Waals surface area contributed by atoms with Crippen LogP contribution >= 0.6 is 11.3 Å². The summed E-state index contributed by atoms with van der Waals surface area (Å²) in [5.74, 6) is 0.229. The van der Waals surface area contributed by atoms with E-state index in [0.29, 0.717) is 22.5 Å². The summed E-state index contributed by atoms with van der Waals surface area (Å²) in [7, 11) is 0. The van der Waals surface area contributed by atoms with Crippen LogP contribution in [0.1, 0.15) is 35.3 Å². The van der Waals surface area contributed by atoms with Crippen molar-refractivity contribution < 1.29 is 18.0 Å². The fourth-order valence-corrected chi connectivity index (χ4v) is 4.53. The topological polar surface area (TPSA) is 66.1 Å². The number of rotatable bonds is 3. The number of fused-ring (bicyclic) bond motifs is 1. The van der Waals surface area contributed by atoms with Gasteiger partial charge in [0.2, 0.25) is 0 Å². The number of hydrazine groups is 1. The van der Waals surface area contributed by atoms with Crippen molar-refractivity contribution in [2.75, 3.05) is 6.54 Å². The molecule has 0 spiro atoms. The van der Waals surface area contributed by atoms with Crippen LogP contribution in [0.15, 0.2) is 29.6 Å². The molecule has 2 fully saturated rings. The number of hydrogen-bond acceptors (Lipinski definition) is 5. The fraction of sp³-hybridized carbons (Fsp3) is 0.444. The Morgan fingerprint density at radius 1 is 1.30 bits per heavy atom. The number of aromatic nitrogens is 1. The van der Waals surface area contributed by atoms with Crippen molar-refractivity contribution in [3.05, 3.63) is 40.9 Å². The van der Waals surface area contributed by atoms with Crippen molar-refractivity contribution in [1.29, 1.82) is 0 Å². The number of hydrogen-bond donors (Lipinski definition) is 3. The number of benzene rings is 1. The lowest BCUT2D eigenvalue weighted by Gasteiger charge is -2.31. The van der Waals surface area contributed by atoms with Crippen molar-refractivity contribution in [1.82, 2.24) is 21.2 Å². The van der Waals surface area contributed by atoms with Gasteiger partial charge in [-0.3, -0.25) is 15.6 Å². The SMILES string of the molecule is O=C(NC1CCC2NNCC2C1)c1csc(-c2cccc(C(F)(F)F)c2)n1. The second kappa shape index (κ2) is 7.21. The van der Waals surface area contributed by atoms with Crippen LogP contribution in [0.3, 0.4) is 0 Å². The third-order valence-corrected chi connectivity index (χ3v) is 6.03. The minimum absolute atomic E-state index is 0.0964. The number of thiazole rings is 1. The zero-order valence-corrected chi connectivity index (χ0v) is 15.2. The molecule has 3 atom stereocenters. The van der Waals surface area contributed by atoms with Gasteiger partial charge in [-0.2, -0.15) is 13.2 Å². The molecular weight excluding hydrogens is 377 g/mol. The van der Waals surface area contributed by atoms with Gasteiger partial charge in [-0.25, -0.2) is 4.98 Å². The van der Waals surface area contributed by atoms with Gasteiger partial charge < -0.3 is 5.32 Å². The summed E-state index contributed by atoms with van der Waals surface area (Å²) in [5.41, 5.74) is 6.28. The standard InChI is InChI=1S/C18H19F3N4OS/c19-18(20,21)12-3-1-2-10(6-12)17-24-15(9-27-17)16(26)23-13-4-5-14-11(7-13)8-22-25-14/h1-3,6,9,11,13-14,22,25H,4-5,7-8H2,(H,23,26). The molecule has 1 saturated carbocycles. The third kappa shape index (κ3) is 3.99. The van der Waals surface area contributed by atoms with E-state index in [-0.39, 0.29) is 17.6 Å². The number of nitrogens with one attached hydrogen (secondary N) is 3. The molecular formula is C18H19F3N4OS. The van der Waals surface area contributed by atoms with Crippen LogP contribution < -0.4 is 16.2 Å². The van der Waals surface area contributed by atoms with E-state index in [1.807, 2.05) is 0 Å². The molecule has 4 rings (SSSR count). The Labute approximate surface area is 158 Å². The van der Waals surface area contributed by atoms with Gasteiger partial charge in [0.05, 0.1) is 5.56 Å². The predicted octanol–water partition coefficient (Wildman–Crippen LogP) is 3.20. The highest BCUT2D eigenvalue weighted by atomic mass is 32.1. The molecule has 2 aromatic rings. The lowest BCUT2D eigenvalue weighted by Crippen LogP contribution is -2.44. The summed E-state index contributed by atoms with van der Waals surface area (Å²) in [6, 6.07) is 5.55. The van der Waals surface area contributed by atoms with Crippen molar-refractivity contribution in [2.24, 2.45) is 5.92 Å². The van der Waals surface area contributed by atoms with E-state index in [4.69, 9.17) is 0 Å². The van der Waals surface area contributed by atoms with E-state index >= 15 is 0 Å². The molecule has 3 unspecified atom stereocenters. The van der Waals surface area contributed by atoms with Gasteiger partial charge in [-0.05, 0) is 37.3 Å². The number of halogens is 3. The normalized spacial score (nSPS) is 25.2. The van der Waals surface area contributed by atoms with Crippen LogP contribution in [-0.2, 0) is 6.18 Å². The molecule has 2 heterocycles. The Hall–Kier alpha value is -1.97. The summed E-state index contributed by atoms with van der Waals surface area (Å²) < 4.78 is 38.6. The van der Waals surface area contributed by atoms with Crippen LogP contribution in [-0.4, -0.2) is 29.5 Å².